The number of hydrogen-bond acceptors (Lipinski definition) is 11. The molecule has 0 bridgehead atoms. The van der Waals surface area contributed by atoms with Crippen molar-refractivity contribution in [2.24, 2.45) is 0 Å². The maximum absolute atomic E-state index is 12.3. The third kappa shape index (κ3) is 13.7. The van der Waals surface area contributed by atoms with Gasteiger partial charge in [-0.3, -0.25) is 4.79 Å². The Bertz CT molecular complexity index is 963. The number of rotatable bonds is 11. The third-order valence-electron chi connectivity index (χ3n) is 4.28. The number of nitrogens with one attached hydrogen (secondary N) is 1. The zero-order valence-corrected chi connectivity index (χ0v) is 23.2. The summed E-state index contributed by atoms with van der Waals surface area (Å²) < 4.78 is 30.7. The molecule has 38 heavy (non-hydrogen) atoms. The predicted molar refractivity (Wildman–Crippen MR) is 135 cm³/mol. The van der Waals surface area contributed by atoms with E-state index >= 15 is 0 Å². The fraction of sp³-hybridized carbons (Fsp3) is 0.615. The second kappa shape index (κ2) is 14.4. The third-order valence-corrected chi connectivity index (χ3v) is 4.28. The van der Waals surface area contributed by atoms with Crippen LogP contribution in [0.4, 0.5) is 14.4 Å². The molecule has 2 atom stereocenters. The summed E-state index contributed by atoms with van der Waals surface area (Å²) in [5, 5.41) is 12.5. The lowest BCUT2D eigenvalue weighted by Gasteiger charge is -2.21. The van der Waals surface area contributed by atoms with Gasteiger partial charge in [0, 0.05) is 6.54 Å². The van der Waals surface area contributed by atoms with Gasteiger partial charge < -0.3 is 38.8 Å². The van der Waals surface area contributed by atoms with Crippen LogP contribution in [0.3, 0.4) is 0 Å². The van der Waals surface area contributed by atoms with Crippen molar-refractivity contribution in [1.29, 1.82) is 0 Å². The van der Waals surface area contributed by atoms with Crippen molar-refractivity contribution in [2.75, 3.05) is 13.2 Å². The minimum absolute atomic E-state index is 0.0410. The predicted octanol–water partition coefficient (Wildman–Crippen LogP) is 4.85. The van der Waals surface area contributed by atoms with Crippen LogP contribution in [0.15, 0.2) is 18.2 Å². The van der Waals surface area contributed by atoms with E-state index in [1.54, 1.807) is 48.5 Å². The molecule has 0 radical (unpaired) electrons. The van der Waals surface area contributed by atoms with Gasteiger partial charge in [-0.25, -0.2) is 14.4 Å². The van der Waals surface area contributed by atoms with Gasteiger partial charge in [0.1, 0.15) is 23.3 Å². The van der Waals surface area contributed by atoms with E-state index in [1.807, 2.05) is 6.92 Å². The average molecular weight is 542 g/mol. The zero-order valence-electron chi connectivity index (χ0n) is 23.2. The molecule has 1 aromatic rings. The van der Waals surface area contributed by atoms with Crippen LogP contribution in [0.25, 0.3) is 0 Å². The lowest BCUT2D eigenvalue weighted by Crippen LogP contribution is -2.42. The van der Waals surface area contributed by atoms with E-state index in [4.69, 9.17) is 28.4 Å². The monoisotopic (exact) mass is 541 g/mol. The highest BCUT2D eigenvalue weighted by molar-refractivity contribution is 5.74. The molecule has 1 rings (SSSR count). The van der Waals surface area contributed by atoms with Crippen LogP contribution in [-0.2, 0) is 30.2 Å². The summed E-state index contributed by atoms with van der Waals surface area (Å²) in [5.74, 6) is -1.45. The molecule has 12 heteroatoms. The van der Waals surface area contributed by atoms with Crippen molar-refractivity contribution in [2.45, 2.75) is 91.6 Å². The topological polar surface area (TPSA) is 156 Å². The Morgan fingerprint density at radius 2 is 1.45 bits per heavy atom. The molecule has 0 heterocycles. The standard InChI is InChI=1S/C26H39NO11/c1-9-12-33-22(30)34-16(2)15-27-18(21(28)29)13-17-10-11-19(35-23(31)37-25(3,4)5)20(14-17)36-24(32)38-26(6,7)8/h10-11,14,16,18,27H,9,12-13,15H2,1-8H3,(H,28,29)/t16?,18-/m0/s1. The molecule has 0 spiro atoms. The van der Waals surface area contributed by atoms with Crippen molar-refractivity contribution in [3.63, 3.8) is 0 Å². The molecular weight excluding hydrogens is 502 g/mol. The fourth-order valence-electron chi connectivity index (χ4n) is 2.78. The SMILES string of the molecule is CCCOC(=O)OC(C)CN[C@@H](Cc1ccc(OC(=O)OC(C)(C)C)c(OC(=O)OC(C)(C)C)c1)C(=O)O. The normalized spacial score (nSPS) is 13.1. The number of carboxylic acids is 1. The smallest absolute Gasteiger partial charge is 0.480 e. The minimum Gasteiger partial charge on any atom is -0.480 e. The van der Waals surface area contributed by atoms with Crippen molar-refractivity contribution < 1.29 is 52.7 Å². The van der Waals surface area contributed by atoms with Crippen molar-refractivity contribution in [3.05, 3.63) is 23.8 Å². The van der Waals surface area contributed by atoms with Gasteiger partial charge in [0.15, 0.2) is 11.5 Å². The van der Waals surface area contributed by atoms with Gasteiger partial charge in [-0.15, -0.1) is 0 Å². The lowest BCUT2D eigenvalue weighted by atomic mass is 10.0. The van der Waals surface area contributed by atoms with E-state index in [9.17, 15) is 24.3 Å². The van der Waals surface area contributed by atoms with Crippen LogP contribution in [0.2, 0.25) is 0 Å². The Labute approximate surface area is 222 Å². The second-order valence-electron chi connectivity index (χ2n) is 10.4. The molecule has 0 aliphatic rings. The average Bonchev–Trinajstić information content (AvgIpc) is 2.73. The first-order valence-electron chi connectivity index (χ1n) is 12.2. The van der Waals surface area contributed by atoms with Crippen molar-refractivity contribution >= 4 is 24.4 Å². The molecule has 0 aliphatic heterocycles. The van der Waals surface area contributed by atoms with E-state index < -0.39 is 47.8 Å². The molecule has 12 nitrogen and oxygen atoms in total. The maximum Gasteiger partial charge on any atom is 0.514 e. The van der Waals surface area contributed by atoms with E-state index in [1.165, 1.54) is 18.2 Å². The maximum atomic E-state index is 12.3. The molecule has 0 amide bonds. The van der Waals surface area contributed by atoms with E-state index in [0.717, 1.165) is 0 Å². The van der Waals surface area contributed by atoms with Crippen LogP contribution in [0.5, 0.6) is 11.5 Å². The molecule has 1 unspecified atom stereocenters. The second-order valence-corrected chi connectivity index (χ2v) is 10.4. The Hall–Kier alpha value is -3.54. The number of carbonyl (C=O) groups is 4. The largest absolute Gasteiger partial charge is 0.514 e. The number of hydrogen-bond donors (Lipinski definition) is 2. The van der Waals surface area contributed by atoms with Gasteiger partial charge in [-0.1, -0.05) is 13.0 Å². The minimum atomic E-state index is -1.16. The van der Waals surface area contributed by atoms with Crippen LogP contribution in [0, 0.1) is 0 Å². The Balaban J connectivity index is 3.04. The molecule has 0 aliphatic carbocycles. The number of benzene rings is 1. The van der Waals surface area contributed by atoms with Crippen LogP contribution >= 0.6 is 0 Å². The molecule has 2 N–H and O–H groups in total. The molecule has 0 saturated carbocycles. The Morgan fingerprint density at radius 1 is 0.895 bits per heavy atom. The highest BCUT2D eigenvalue weighted by Gasteiger charge is 2.25. The summed E-state index contributed by atoms with van der Waals surface area (Å²) in [7, 11) is 0. The zero-order chi connectivity index (χ0) is 29.1. The van der Waals surface area contributed by atoms with E-state index in [0.29, 0.717) is 12.0 Å². The highest BCUT2D eigenvalue weighted by Crippen LogP contribution is 2.31. The summed E-state index contributed by atoms with van der Waals surface area (Å²) in [6, 6.07) is 3.15. The summed E-state index contributed by atoms with van der Waals surface area (Å²) in [5.41, 5.74) is -1.23. The van der Waals surface area contributed by atoms with Crippen LogP contribution < -0.4 is 14.8 Å². The summed E-state index contributed by atoms with van der Waals surface area (Å²) >= 11 is 0. The van der Waals surface area contributed by atoms with Gasteiger partial charge in [-0.05, 0) is 79.0 Å². The van der Waals surface area contributed by atoms with Crippen LogP contribution in [-0.4, -0.2) is 66.0 Å². The first-order valence-corrected chi connectivity index (χ1v) is 12.2. The molecule has 214 valence electrons. The fourth-order valence-corrected chi connectivity index (χ4v) is 2.78. The summed E-state index contributed by atoms with van der Waals surface area (Å²) in [6.07, 6.45) is -2.95. The Morgan fingerprint density at radius 3 is 1.95 bits per heavy atom. The Kier molecular flexibility index (Phi) is 12.3. The quantitative estimate of drug-likeness (QED) is 0.223. The first-order chi connectivity index (χ1) is 17.5. The number of ether oxygens (including phenoxy) is 6. The van der Waals surface area contributed by atoms with Gasteiger partial charge in [-0.2, -0.15) is 0 Å². The summed E-state index contributed by atoms with van der Waals surface area (Å²) in [6.45, 7) is 13.6. The first kappa shape index (κ1) is 32.5. The van der Waals surface area contributed by atoms with Crippen molar-refractivity contribution in [1.82, 2.24) is 5.32 Å². The van der Waals surface area contributed by atoms with Gasteiger partial charge >= 0.3 is 24.4 Å². The molecule has 0 saturated heterocycles. The molecule has 0 aromatic heterocycles. The van der Waals surface area contributed by atoms with Gasteiger partial charge in [0.05, 0.1) is 6.61 Å². The van der Waals surface area contributed by atoms with E-state index in [2.05, 4.69) is 5.32 Å². The summed E-state index contributed by atoms with van der Waals surface area (Å²) in [4.78, 5) is 47.9. The lowest BCUT2D eigenvalue weighted by molar-refractivity contribution is -0.139. The number of carbonyl (C=O) groups excluding carboxylic acids is 3. The number of carboxylic acid groups (broad SMARTS) is 1. The van der Waals surface area contributed by atoms with E-state index in [-0.39, 0.29) is 31.1 Å². The van der Waals surface area contributed by atoms with Gasteiger partial charge in [0.2, 0.25) is 0 Å². The van der Waals surface area contributed by atoms with Gasteiger partial charge in [0.25, 0.3) is 0 Å². The van der Waals surface area contributed by atoms with Crippen LogP contribution in [0.1, 0.15) is 67.4 Å². The molecular formula is C26H39NO11. The van der Waals surface area contributed by atoms with Crippen molar-refractivity contribution in [3.8, 4) is 11.5 Å². The highest BCUT2D eigenvalue weighted by atomic mass is 16.8. The molecule has 1 aromatic carbocycles. The molecule has 0 fully saturated rings. The number of aliphatic carboxylic acids is 1.